The molecule has 4 bridgehead atoms. The Hall–Kier alpha value is -7.88. The molecule has 0 N–H and O–H groups in total. The normalized spacial score (nSPS) is 22.4. The van der Waals surface area contributed by atoms with Crippen molar-refractivity contribution in [2.45, 2.75) is 198 Å². The van der Waals surface area contributed by atoms with Gasteiger partial charge in [0, 0.05) is 61.8 Å². The first-order valence-electron chi connectivity index (χ1n) is 33.6. The number of rotatable bonds is 0. The highest BCUT2D eigenvalue weighted by molar-refractivity contribution is 6.27. The Morgan fingerprint density at radius 2 is 0.656 bits per heavy atom. The number of ketones is 2. The molecular formula is C87H83NO2. The summed E-state index contributed by atoms with van der Waals surface area (Å²) in [4.78, 5) is 32.9. The maximum absolute atomic E-state index is 16.4. The summed E-state index contributed by atoms with van der Waals surface area (Å²) in [6, 6.07) is 55.7. The van der Waals surface area contributed by atoms with Gasteiger partial charge in [0.25, 0.3) is 0 Å². The third-order valence-corrected chi connectivity index (χ3v) is 23.8. The van der Waals surface area contributed by atoms with Crippen LogP contribution < -0.4 is 0 Å². The topological polar surface area (TPSA) is 38.5 Å². The smallest absolute Gasteiger partial charge is 0.175 e. The lowest BCUT2D eigenvalue weighted by Crippen LogP contribution is -2.61. The largest absolute Gasteiger partial charge is 0.308 e. The fourth-order valence-electron chi connectivity index (χ4n) is 19.0. The van der Waals surface area contributed by atoms with Crippen LogP contribution in [0.5, 0.6) is 0 Å². The van der Waals surface area contributed by atoms with Gasteiger partial charge in [-0.2, -0.15) is 0 Å². The van der Waals surface area contributed by atoms with Gasteiger partial charge in [-0.25, -0.2) is 0 Å². The van der Waals surface area contributed by atoms with Crippen molar-refractivity contribution in [1.29, 1.82) is 0 Å². The average molecular weight is 1170 g/mol. The summed E-state index contributed by atoms with van der Waals surface area (Å²) in [5.41, 5.74) is 32.6. The number of hydrogen-bond acceptors (Lipinski definition) is 2. The van der Waals surface area contributed by atoms with Crippen molar-refractivity contribution in [3.63, 3.8) is 0 Å². The molecule has 0 saturated carbocycles. The van der Waals surface area contributed by atoms with E-state index in [0.717, 1.165) is 44.4 Å². The summed E-state index contributed by atoms with van der Waals surface area (Å²) in [6.07, 6.45) is 0. The van der Waals surface area contributed by atoms with Crippen LogP contribution in [-0.4, -0.2) is 16.0 Å². The molecule has 2 aromatic heterocycles. The van der Waals surface area contributed by atoms with Crippen molar-refractivity contribution < 1.29 is 9.59 Å². The Labute approximate surface area is 531 Å². The average Bonchev–Trinajstić information content (AvgIpc) is 0.669. The van der Waals surface area contributed by atoms with Crippen LogP contribution in [0.3, 0.4) is 0 Å². The fraction of sp³-hybridized carbons (Fsp3) is 0.356. The number of fused-ring (bicyclic) bond motifs is 12. The third kappa shape index (κ3) is 6.67. The molecule has 0 radical (unpaired) electrons. The third-order valence-electron chi connectivity index (χ3n) is 23.8. The molecule has 9 aliphatic carbocycles. The van der Waals surface area contributed by atoms with Crippen molar-refractivity contribution in [1.82, 2.24) is 4.40 Å². The van der Waals surface area contributed by atoms with Crippen LogP contribution in [0.2, 0.25) is 0 Å². The second-order valence-electron chi connectivity index (χ2n) is 35.1. The Kier molecular flexibility index (Phi) is 10.1. The SMILES string of the molecule is CC(C)(C)c1ccc2c(c1)C1C(=O)c3cc4c(cc3C2c2cc(C(C)(C)C)ccc21)c1cc2c(c3c5cc6c(cc5n4c13)C(=O)C1c3cc(C(C)(C)C)ccc3C13c1ccc(C(C)(C)C)cc1C63)C1c3ccc(C(C)(C)C)cc3C2c2ccc(C(C)(C)C)cc21. The van der Waals surface area contributed by atoms with Gasteiger partial charge < -0.3 is 4.40 Å². The number of nitrogens with zero attached hydrogens (tertiary/aromatic N) is 1. The van der Waals surface area contributed by atoms with Crippen LogP contribution in [0.4, 0.5) is 0 Å². The van der Waals surface area contributed by atoms with E-state index in [0.29, 0.717) is 0 Å². The molecule has 3 heteroatoms. The van der Waals surface area contributed by atoms with Gasteiger partial charge in [-0.15, -0.1) is 0 Å². The second-order valence-corrected chi connectivity index (χ2v) is 35.1. The molecule has 0 amide bonds. The number of benzene rings is 9. The van der Waals surface area contributed by atoms with E-state index in [4.69, 9.17) is 0 Å². The summed E-state index contributed by atoms with van der Waals surface area (Å²) in [6.45, 7) is 41.7. The van der Waals surface area contributed by atoms with Gasteiger partial charge in [-0.3, -0.25) is 9.59 Å². The predicted molar refractivity (Wildman–Crippen MR) is 371 cm³/mol. The van der Waals surface area contributed by atoms with Crippen molar-refractivity contribution in [3.05, 3.63) is 273 Å². The summed E-state index contributed by atoms with van der Waals surface area (Å²) < 4.78 is 2.54. The zero-order chi connectivity index (χ0) is 62.9. The minimum Gasteiger partial charge on any atom is -0.308 e. The summed E-state index contributed by atoms with van der Waals surface area (Å²) >= 11 is 0. The van der Waals surface area contributed by atoms with E-state index >= 15 is 9.59 Å². The molecule has 1 spiro atoms. The first-order valence-corrected chi connectivity index (χ1v) is 33.6. The predicted octanol–water partition coefficient (Wildman–Crippen LogP) is 21.2. The molecule has 0 aliphatic heterocycles. The lowest BCUT2D eigenvalue weighted by Gasteiger charge is -2.65. The van der Waals surface area contributed by atoms with Crippen LogP contribution in [0, 0.1) is 0 Å². The molecule has 0 saturated heterocycles. The van der Waals surface area contributed by atoms with Gasteiger partial charge >= 0.3 is 0 Å². The molecule has 11 aromatic rings. The van der Waals surface area contributed by atoms with Crippen molar-refractivity contribution >= 4 is 49.7 Å². The maximum Gasteiger partial charge on any atom is 0.175 e. The minimum absolute atomic E-state index is 0.000951. The highest BCUT2D eigenvalue weighted by atomic mass is 16.1. The highest BCUT2D eigenvalue weighted by Gasteiger charge is 2.70. The standard InChI is InChI=1S/C87H83NO2/c1-81(2,3)42-21-27-50-53(31-42)71-48-25-19-44(83(7,8)9)33-55(48)72(50)74-65(71)39-59-52-37-57-60(79(89)73-51-28-22-43(82(4,5)6)32-54(51)70(57)49-26-20-45(34-56(49)73)84(10,11)12)40-68(52)88-69-41-61-58(38-64(69)75(74)78(59)88)76-62-35-46(85(13,14)15)23-29-66(62)87(76)67-30-24-47(86(16,17)18)36-63(67)77(87)80(61)90/h19-41,70-73,76-77H,1-18H3. The van der Waals surface area contributed by atoms with Crippen molar-refractivity contribution in [3.8, 4) is 0 Å². The van der Waals surface area contributed by atoms with E-state index in [2.05, 4.69) is 269 Å². The Balaban J connectivity index is 0.977. The molecule has 7 atom stereocenters. The lowest BCUT2D eigenvalue weighted by atomic mass is 9.36. The van der Waals surface area contributed by atoms with Crippen LogP contribution in [0.1, 0.15) is 303 Å². The molecule has 448 valence electrons. The minimum atomic E-state index is -0.444. The van der Waals surface area contributed by atoms with Gasteiger partial charge in [-0.1, -0.05) is 234 Å². The number of aromatic nitrogens is 1. The van der Waals surface area contributed by atoms with Crippen molar-refractivity contribution in [2.75, 3.05) is 0 Å². The van der Waals surface area contributed by atoms with Crippen LogP contribution in [-0.2, 0) is 37.9 Å². The van der Waals surface area contributed by atoms with Gasteiger partial charge in [0.05, 0.1) is 28.4 Å². The van der Waals surface area contributed by atoms with E-state index in [1.165, 1.54) is 127 Å². The molecular weight excluding hydrogens is 1090 g/mol. The molecule has 0 fully saturated rings. The van der Waals surface area contributed by atoms with E-state index < -0.39 is 11.3 Å². The zero-order valence-electron chi connectivity index (χ0n) is 56.0. The number of carbonyl (C=O) groups is 2. The highest BCUT2D eigenvalue weighted by Crippen LogP contribution is 2.75. The molecule has 20 rings (SSSR count). The summed E-state index contributed by atoms with van der Waals surface area (Å²) in [5, 5.41) is 4.88. The molecule has 7 unspecified atom stereocenters. The number of Topliss-reactive ketones (excluding diaryl/α,β-unsaturated/α-hetero) is 2. The Morgan fingerprint density at radius 3 is 1.13 bits per heavy atom. The van der Waals surface area contributed by atoms with Crippen LogP contribution >= 0.6 is 0 Å². The number of carbonyl (C=O) groups excluding carboxylic acids is 2. The first-order chi connectivity index (χ1) is 42.3. The van der Waals surface area contributed by atoms with Gasteiger partial charge in [0.15, 0.2) is 11.6 Å². The second kappa shape index (κ2) is 16.6. The summed E-state index contributed by atoms with van der Waals surface area (Å²) in [5.74, 6) is -0.498. The Morgan fingerprint density at radius 1 is 0.300 bits per heavy atom. The summed E-state index contributed by atoms with van der Waals surface area (Å²) in [7, 11) is 0. The van der Waals surface area contributed by atoms with Crippen molar-refractivity contribution in [2.24, 2.45) is 0 Å². The van der Waals surface area contributed by atoms with E-state index in [1.807, 2.05) is 0 Å². The molecule has 9 aliphatic rings. The van der Waals surface area contributed by atoms with Gasteiger partial charge in [-0.05, 0) is 185 Å². The van der Waals surface area contributed by atoms with Gasteiger partial charge in [0.1, 0.15) is 0 Å². The van der Waals surface area contributed by atoms with Gasteiger partial charge in [0.2, 0.25) is 0 Å². The molecule has 2 heterocycles. The maximum atomic E-state index is 16.4. The first kappa shape index (κ1) is 55.0. The van der Waals surface area contributed by atoms with E-state index in [9.17, 15) is 0 Å². The lowest BCUT2D eigenvalue weighted by molar-refractivity contribution is 0.0846. The molecule has 9 aromatic carbocycles. The monoisotopic (exact) mass is 1170 g/mol. The molecule has 3 nitrogen and oxygen atoms in total. The van der Waals surface area contributed by atoms with Crippen LogP contribution in [0.25, 0.3) is 38.1 Å². The molecule has 90 heavy (non-hydrogen) atoms. The fourth-order valence-corrected chi connectivity index (χ4v) is 19.0. The van der Waals surface area contributed by atoms with E-state index in [-0.39, 0.29) is 73.6 Å². The quantitative estimate of drug-likeness (QED) is 0.152. The van der Waals surface area contributed by atoms with E-state index in [1.54, 1.807) is 0 Å². The zero-order valence-corrected chi connectivity index (χ0v) is 56.0. The Bertz CT molecular complexity index is 5200. The van der Waals surface area contributed by atoms with Crippen LogP contribution in [0.15, 0.2) is 140 Å². The number of hydrogen-bond donors (Lipinski definition) is 0.